The predicted octanol–water partition coefficient (Wildman–Crippen LogP) is 11.2. The highest BCUT2D eigenvalue weighted by atomic mass is 15.1. The summed E-state index contributed by atoms with van der Waals surface area (Å²) >= 11 is 0. The van der Waals surface area contributed by atoms with Gasteiger partial charge in [-0.05, 0) is 80.2 Å². The SMILES string of the molecule is c1ccc(-c2ccc(-[n+]3cc(-n4c5ccc6ccccc6c5c5c6ccccc6ccc54)nc4cc(-c5ccccc5)ccc43)cc2)cc1. The number of rotatable bonds is 4. The first-order chi connectivity index (χ1) is 24.3. The van der Waals surface area contributed by atoms with Crippen molar-refractivity contribution < 1.29 is 4.57 Å². The fourth-order valence-electron chi connectivity index (χ4n) is 7.53. The molecular weight excluding hydrogens is 595 g/mol. The molecule has 0 fully saturated rings. The lowest BCUT2D eigenvalue weighted by Crippen LogP contribution is -2.32. The van der Waals surface area contributed by atoms with Gasteiger partial charge in [0, 0.05) is 29.0 Å². The third-order valence-corrected chi connectivity index (χ3v) is 9.85. The van der Waals surface area contributed by atoms with Gasteiger partial charge >= 0.3 is 0 Å². The summed E-state index contributed by atoms with van der Waals surface area (Å²) in [6, 6.07) is 63.0. The summed E-state index contributed by atoms with van der Waals surface area (Å²) < 4.78 is 4.65. The summed E-state index contributed by atoms with van der Waals surface area (Å²) in [7, 11) is 0. The van der Waals surface area contributed by atoms with Crippen LogP contribution in [0.1, 0.15) is 0 Å². The molecule has 0 aliphatic heterocycles. The Morgan fingerprint density at radius 2 is 0.939 bits per heavy atom. The molecule has 0 aliphatic rings. The summed E-state index contributed by atoms with van der Waals surface area (Å²) in [6.07, 6.45) is 2.20. The van der Waals surface area contributed by atoms with E-state index in [2.05, 4.69) is 191 Å². The van der Waals surface area contributed by atoms with Gasteiger partial charge in [0.05, 0.1) is 11.0 Å². The minimum absolute atomic E-state index is 0.871. The Hall–Kier alpha value is -6.58. The predicted molar refractivity (Wildman–Crippen MR) is 203 cm³/mol. The number of nitrogens with zero attached hydrogens (tertiary/aromatic N) is 3. The molecular formula is C46H30N3+. The van der Waals surface area contributed by atoms with Gasteiger partial charge in [-0.3, -0.25) is 4.57 Å². The average Bonchev–Trinajstić information content (AvgIpc) is 3.53. The quantitative estimate of drug-likeness (QED) is 0.179. The molecule has 49 heavy (non-hydrogen) atoms. The lowest BCUT2D eigenvalue weighted by atomic mass is 10.00. The summed E-state index contributed by atoms with van der Waals surface area (Å²) in [5.74, 6) is 0.871. The van der Waals surface area contributed by atoms with Crippen molar-refractivity contribution in [2.24, 2.45) is 0 Å². The maximum absolute atomic E-state index is 5.46. The van der Waals surface area contributed by atoms with Gasteiger partial charge in [-0.15, -0.1) is 0 Å². The van der Waals surface area contributed by atoms with Crippen molar-refractivity contribution in [1.82, 2.24) is 9.55 Å². The van der Waals surface area contributed by atoms with Crippen molar-refractivity contribution >= 4 is 54.4 Å². The van der Waals surface area contributed by atoms with Crippen molar-refractivity contribution in [3.05, 3.63) is 182 Å². The van der Waals surface area contributed by atoms with Crippen LogP contribution in [0.25, 0.3) is 88.1 Å². The highest BCUT2D eigenvalue weighted by Crippen LogP contribution is 2.40. The monoisotopic (exact) mass is 624 g/mol. The molecule has 2 heterocycles. The molecule has 0 unspecified atom stereocenters. The van der Waals surface area contributed by atoms with Crippen LogP contribution in [-0.2, 0) is 0 Å². The lowest BCUT2D eigenvalue weighted by Gasteiger charge is -2.10. The summed E-state index contributed by atoms with van der Waals surface area (Å²) in [5, 5.41) is 7.46. The first kappa shape index (κ1) is 27.5. The van der Waals surface area contributed by atoms with E-state index < -0.39 is 0 Å². The Kier molecular flexibility index (Phi) is 6.18. The molecule has 3 heteroatoms. The first-order valence-electron chi connectivity index (χ1n) is 16.7. The molecule has 0 spiro atoms. The molecule has 0 atom stereocenters. The van der Waals surface area contributed by atoms with E-state index in [9.17, 15) is 0 Å². The first-order valence-corrected chi connectivity index (χ1v) is 16.7. The molecule has 0 saturated carbocycles. The summed E-state index contributed by atoms with van der Waals surface area (Å²) in [5.41, 5.74) is 10.1. The summed E-state index contributed by atoms with van der Waals surface area (Å²) in [6.45, 7) is 0. The third kappa shape index (κ3) is 4.44. The Labute approximate surface area is 283 Å². The molecule has 2 aromatic heterocycles. The van der Waals surface area contributed by atoms with Crippen LogP contribution in [-0.4, -0.2) is 9.55 Å². The third-order valence-electron chi connectivity index (χ3n) is 9.85. The van der Waals surface area contributed by atoms with Crippen LogP contribution in [0.15, 0.2) is 182 Å². The Balaban J connectivity index is 1.29. The van der Waals surface area contributed by atoms with E-state index in [1.165, 1.54) is 49.0 Å². The summed E-state index contributed by atoms with van der Waals surface area (Å²) in [4.78, 5) is 5.46. The largest absolute Gasteiger partial charge is 0.289 e. The molecule has 0 saturated heterocycles. The molecule has 10 aromatic rings. The zero-order valence-electron chi connectivity index (χ0n) is 26.7. The van der Waals surface area contributed by atoms with Gasteiger partial charge in [0.15, 0.2) is 0 Å². The zero-order chi connectivity index (χ0) is 32.3. The highest BCUT2D eigenvalue weighted by molar-refractivity contribution is 6.28. The topological polar surface area (TPSA) is 21.7 Å². The van der Waals surface area contributed by atoms with Gasteiger partial charge in [0.1, 0.15) is 5.52 Å². The zero-order valence-corrected chi connectivity index (χ0v) is 26.7. The van der Waals surface area contributed by atoms with Crippen LogP contribution >= 0.6 is 0 Å². The van der Waals surface area contributed by atoms with E-state index in [1.807, 2.05) is 0 Å². The number of fused-ring (bicyclic) bond motifs is 8. The Morgan fingerprint density at radius 1 is 0.429 bits per heavy atom. The lowest BCUT2D eigenvalue weighted by molar-refractivity contribution is -0.567. The standard InChI is InChI=1S/C46H30N3/c1-3-11-31(12-4-1)33-19-24-37(25-20-33)48-30-44(47-40-29-36(23-26-41(40)48)32-13-5-2-6-14-32)49-42-27-21-34-15-7-9-17-38(34)45(42)46-39-18-10-8-16-35(39)22-28-43(46)49/h1-30H/q+1. The van der Waals surface area contributed by atoms with Crippen LogP contribution in [0.3, 0.4) is 0 Å². The van der Waals surface area contributed by atoms with Gasteiger partial charge in [-0.25, -0.2) is 4.98 Å². The van der Waals surface area contributed by atoms with Crippen molar-refractivity contribution in [3.8, 4) is 33.8 Å². The maximum Gasteiger partial charge on any atom is 0.237 e. The van der Waals surface area contributed by atoms with Crippen molar-refractivity contribution in [1.29, 1.82) is 0 Å². The van der Waals surface area contributed by atoms with Crippen LogP contribution < -0.4 is 4.57 Å². The fourth-order valence-corrected chi connectivity index (χ4v) is 7.53. The van der Waals surface area contributed by atoms with Gasteiger partial charge in [-0.2, -0.15) is 4.57 Å². The van der Waals surface area contributed by atoms with Gasteiger partial charge in [0.25, 0.3) is 0 Å². The number of hydrogen-bond acceptors (Lipinski definition) is 1. The average molecular weight is 625 g/mol. The van der Waals surface area contributed by atoms with E-state index >= 15 is 0 Å². The molecule has 0 N–H and O–H groups in total. The highest BCUT2D eigenvalue weighted by Gasteiger charge is 2.23. The smallest absolute Gasteiger partial charge is 0.237 e. The molecule has 3 nitrogen and oxygen atoms in total. The van der Waals surface area contributed by atoms with Crippen LogP contribution in [0.4, 0.5) is 0 Å². The molecule has 8 aromatic carbocycles. The van der Waals surface area contributed by atoms with E-state index in [-0.39, 0.29) is 0 Å². The van der Waals surface area contributed by atoms with Crippen molar-refractivity contribution in [2.45, 2.75) is 0 Å². The van der Waals surface area contributed by atoms with Gasteiger partial charge < -0.3 is 0 Å². The normalized spacial score (nSPS) is 11.7. The number of aromatic nitrogens is 3. The van der Waals surface area contributed by atoms with Crippen molar-refractivity contribution in [3.63, 3.8) is 0 Å². The maximum atomic E-state index is 5.46. The Morgan fingerprint density at radius 3 is 1.55 bits per heavy atom. The van der Waals surface area contributed by atoms with Crippen molar-refractivity contribution in [2.75, 3.05) is 0 Å². The van der Waals surface area contributed by atoms with Gasteiger partial charge in [-0.1, -0.05) is 121 Å². The molecule has 0 bridgehead atoms. The molecule has 0 radical (unpaired) electrons. The second-order valence-electron chi connectivity index (χ2n) is 12.6. The number of hydrogen-bond donors (Lipinski definition) is 0. The number of benzene rings is 8. The fraction of sp³-hybridized carbons (Fsp3) is 0. The molecule has 0 amide bonds. The van der Waals surface area contributed by atoms with Gasteiger partial charge in [0.2, 0.25) is 23.2 Å². The van der Waals surface area contributed by atoms with Crippen LogP contribution in [0.2, 0.25) is 0 Å². The minimum Gasteiger partial charge on any atom is -0.289 e. The van der Waals surface area contributed by atoms with Crippen LogP contribution in [0, 0.1) is 0 Å². The van der Waals surface area contributed by atoms with E-state index in [0.717, 1.165) is 39.1 Å². The van der Waals surface area contributed by atoms with E-state index in [0.29, 0.717) is 0 Å². The van der Waals surface area contributed by atoms with Crippen LogP contribution in [0.5, 0.6) is 0 Å². The van der Waals surface area contributed by atoms with E-state index in [4.69, 9.17) is 4.98 Å². The molecule has 10 rings (SSSR count). The second kappa shape index (κ2) is 11.0. The minimum atomic E-state index is 0.871. The molecule has 228 valence electrons. The second-order valence-corrected chi connectivity index (χ2v) is 12.6. The van der Waals surface area contributed by atoms with E-state index in [1.54, 1.807) is 0 Å². The molecule has 0 aliphatic carbocycles. The Bertz CT molecular complexity index is 2760.